The number of hydrogen-bond donors (Lipinski definition) is 2. The van der Waals surface area contributed by atoms with Crippen LogP contribution in [0.25, 0.3) is 90.9 Å². The molecule has 8 bridgehead atoms. The lowest BCUT2D eigenvalue weighted by Crippen LogP contribution is -2.07. The van der Waals surface area contributed by atoms with Gasteiger partial charge in [0.25, 0.3) is 0 Å². The predicted octanol–water partition coefficient (Wildman–Crippen LogP) is 11.1. The maximum Gasteiger partial charge on any atom is 0.308 e. The molecule has 16 heteroatoms. The summed E-state index contributed by atoms with van der Waals surface area (Å²) in [5, 5.41) is 0. The summed E-state index contributed by atoms with van der Waals surface area (Å²) >= 11 is 0. The summed E-state index contributed by atoms with van der Waals surface area (Å²) in [4.78, 5) is 65.6. The number of carbonyl (C=O) groups excluding carboxylic acids is 4. The van der Waals surface area contributed by atoms with Crippen molar-refractivity contribution in [3.8, 4) is 67.5 Å². The average molecular weight is 1020 g/mol. The van der Waals surface area contributed by atoms with Gasteiger partial charge in [0.2, 0.25) is 0 Å². The Kier molecular flexibility index (Phi) is 16.3. The lowest BCUT2D eigenvalue weighted by atomic mass is 10.0. The van der Waals surface area contributed by atoms with Crippen molar-refractivity contribution in [3.63, 3.8) is 0 Å². The van der Waals surface area contributed by atoms with E-state index in [1.54, 1.807) is 0 Å². The van der Waals surface area contributed by atoms with Crippen LogP contribution in [0.3, 0.4) is 0 Å². The second kappa shape index (κ2) is 24.1. The molecule has 0 aliphatic carbocycles. The van der Waals surface area contributed by atoms with Gasteiger partial charge in [-0.3, -0.25) is 19.2 Å². The topological polar surface area (TPSA) is 199 Å². The first kappa shape index (κ1) is 51.5. The molecule has 0 saturated heterocycles. The van der Waals surface area contributed by atoms with Crippen molar-refractivity contribution in [2.75, 3.05) is 54.9 Å². The van der Waals surface area contributed by atoms with E-state index in [4.69, 9.17) is 47.9 Å². The lowest BCUT2D eigenvalue weighted by Gasteiger charge is -2.10. The molecule has 0 radical (unpaired) electrons. The minimum atomic E-state index is -0.361. The van der Waals surface area contributed by atoms with Crippen LogP contribution in [-0.2, 0) is 38.1 Å². The lowest BCUT2D eigenvalue weighted by molar-refractivity contribution is -0.142. The quantitative estimate of drug-likeness (QED) is 0.0539. The van der Waals surface area contributed by atoms with Crippen LogP contribution in [0.5, 0.6) is 23.0 Å². The van der Waals surface area contributed by atoms with Gasteiger partial charge in [-0.05, 0) is 119 Å². The van der Waals surface area contributed by atoms with E-state index in [2.05, 4.69) is 9.97 Å². The van der Waals surface area contributed by atoms with Crippen molar-refractivity contribution in [3.05, 3.63) is 144 Å². The Morgan fingerprint density at radius 1 is 0.329 bits per heavy atom. The van der Waals surface area contributed by atoms with Crippen molar-refractivity contribution >= 4 is 70.2 Å². The zero-order chi connectivity index (χ0) is 53.0. The maximum atomic E-state index is 11.8. The van der Waals surface area contributed by atoms with Crippen LogP contribution in [0, 0.1) is 0 Å². The van der Waals surface area contributed by atoms with Gasteiger partial charge in [-0.2, -0.15) is 0 Å². The smallest absolute Gasteiger partial charge is 0.308 e. The number of aromatic nitrogens is 4. The summed E-state index contributed by atoms with van der Waals surface area (Å²) in [6, 6.07) is 38.7. The van der Waals surface area contributed by atoms with E-state index >= 15 is 0 Å². The molecule has 2 N–H and O–H groups in total. The van der Waals surface area contributed by atoms with Gasteiger partial charge in [-0.25, -0.2) is 9.97 Å². The largest absolute Gasteiger partial charge is 0.493 e. The van der Waals surface area contributed by atoms with Crippen LogP contribution in [0.15, 0.2) is 121 Å². The molecule has 0 spiro atoms. The summed E-state index contributed by atoms with van der Waals surface area (Å²) in [6.07, 6.45) is 8.44. The highest BCUT2D eigenvalue weighted by molar-refractivity contribution is 6.00. The molecule has 0 fully saturated rings. The van der Waals surface area contributed by atoms with Crippen LogP contribution < -0.4 is 18.9 Å². The van der Waals surface area contributed by atoms with Crippen molar-refractivity contribution in [1.82, 2.24) is 19.9 Å². The monoisotopic (exact) mass is 1020 g/mol. The van der Waals surface area contributed by atoms with Gasteiger partial charge < -0.3 is 47.9 Å². The highest BCUT2D eigenvalue weighted by atomic mass is 16.5. The standard InChI is InChI=1S/C60H54N4O12/c1-69-53(65)29-33-73-41-13-5-37(6-14-41)57-45-21-23-47(61-45)58(38-7-15-42(16-8-38)74-34-30-54(66)70-2)49-25-27-51(63-49)60(40-11-19-44(20-12-40)76-36-32-56(68)72-4)52-28-26-50(64-52)59(48-24-22-46(57)62-48)39-9-17-43(18-10-39)75-35-31-55(67)71-3/h5-28,61,64H,29-36H2,1-4H3. The van der Waals surface area contributed by atoms with Crippen molar-refractivity contribution in [1.29, 1.82) is 0 Å². The fourth-order valence-corrected chi connectivity index (χ4v) is 8.71. The van der Waals surface area contributed by atoms with E-state index in [1.807, 2.05) is 146 Å². The molecule has 386 valence electrons. The fourth-order valence-electron chi connectivity index (χ4n) is 8.71. The Balaban J connectivity index is 1.26. The third kappa shape index (κ3) is 12.1. The Hall–Kier alpha value is -9.44. The number of benzene rings is 4. The molecule has 3 aromatic heterocycles. The normalized spacial score (nSPS) is 11.4. The van der Waals surface area contributed by atoms with Gasteiger partial charge in [0.1, 0.15) is 23.0 Å². The number of methoxy groups -OCH3 is 4. The summed E-state index contributed by atoms with van der Waals surface area (Å²) < 4.78 is 42.8. The second-order valence-electron chi connectivity index (χ2n) is 17.3. The van der Waals surface area contributed by atoms with E-state index in [9.17, 15) is 19.2 Å². The first-order valence-corrected chi connectivity index (χ1v) is 24.5. The molecule has 76 heavy (non-hydrogen) atoms. The Bertz CT molecular complexity index is 3030. The molecule has 0 saturated carbocycles. The SMILES string of the molecule is COC(=O)CCOc1ccc(-c2c3nc(c(-c4ccc(OCCC(=O)OC)cc4)c4ccc([nH]4)c(-c4ccc(OCCC(=O)OC)cc4)c4nc(c(-c5ccc(OCCC(=O)OC)cc5)c5ccc2[nH]5)C=C4)C=C3)cc1. The van der Waals surface area contributed by atoms with E-state index < -0.39 is 0 Å². The number of aromatic amines is 2. The van der Waals surface area contributed by atoms with E-state index in [0.29, 0.717) is 45.8 Å². The van der Waals surface area contributed by atoms with Crippen LogP contribution in [0.1, 0.15) is 48.5 Å². The summed E-state index contributed by atoms with van der Waals surface area (Å²) in [5.41, 5.74) is 12.5. The number of esters is 4. The summed E-state index contributed by atoms with van der Waals surface area (Å²) in [5.74, 6) is 0.901. The zero-order valence-corrected chi connectivity index (χ0v) is 42.3. The Morgan fingerprint density at radius 3 is 0.737 bits per heavy atom. The number of ether oxygens (including phenoxy) is 8. The third-order valence-corrected chi connectivity index (χ3v) is 12.5. The highest BCUT2D eigenvalue weighted by Crippen LogP contribution is 2.39. The first-order chi connectivity index (χ1) is 37.1. The van der Waals surface area contributed by atoms with Crippen LogP contribution in [0.4, 0.5) is 0 Å². The molecule has 16 nitrogen and oxygen atoms in total. The molecule has 0 unspecified atom stereocenters. The number of hydrogen-bond acceptors (Lipinski definition) is 14. The predicted molar refractivity (Wildman–Crippen MR) is 289 cm³/mol. The molecule has 7 aromatic rings. The molecule has 0 amide bonds. The molecule has 5 heterocycles. The Morgan fingerprint density at radius 2 is 0.539 bits per heavy atom. The van der Waals surface area contributed by atoms with Crippen molar-refractivity contribution in [2.24, 2.45) is 0 Å². The number of fused-ring (bicyclic) bond motifs is 8. The van der Waals surface area contributed by atoms with Gasteiger partial charge in [0, 0.05) is 44.3 Å². The number of nitrogens with zero attached hydrogens (tertiary/aromatic N) is 2. The van der Waals surface area contributed by atoms with Gasteiger partial charge in [0.15, 0.2) is 0 Å². The summed E-state index contributed by atoms with van der Waals surface area (Å²) in [7, 11) is 5.39. The maximum absolute atomic E-state index is 11.8. The van der Waals surface area contributed by atoms with E-state index in [0.717, 1.165) is 66.6 Å². The fraction of sp³-hybridized carbons (Fsp3) is 0.200. The van der Waals surface area contributed by atoms with Crippen LogP contribution in [-0.4, -0.2) is 98.7 Å². The molecular formula is C60H54N4O12. The minimum Gasteiger partial charge on any atom is -0.493 e. The van der Waals surface area contributed by atoms with Crippen LogP contribution >= 0.6 is 0 Å². The molecule has 0 atom stereocenters. The highest BCUT2D eigenvalue weighted by Gasteiger charge is 2.20. The number of H-pyrrole nitrogens is 2. The van der Waals surface area contributed by atoms with Crippen molar-refractivity contribution < 1.29 is 57.1 Å². The number of rotatable bonds is 20. The van der Waals surface area contributed by atoms with Gasteiger partial charge in [-0.15, -0.1) is 0 Å². The Labute approximate surface area is 437 Å². The summed E-state index contributed by atoms with van der Waals surface area (Å²) in [6.45, 7) is 0.639. The second-order valence-corrected chi connectivity index (χ2v) is 17.3. The minimum absolute atomic E-state index is 0.111. The molecule has 2 aliphatic rings. The van der Waals surface area contributed by atoms with Crippen molar-refractivity contribution in [2.45, 2.75) is 25.7 Å². The van der Waals surface area contributed by atoms with Gasteiger partial charge in [0.05, 0.1) is 103 Å². The molecular weight excluding hydrogens is 969 g/mol. The van der Waals surface area contributed by atoms with Gasteiger partial charge >= 0.3 is 23.9 Å². The zero-order valence-electron chi connectivity index (χ0n) is 42.3. The van der Waals surface area contributed by atoms with Gasteiger partial charge in [-0.1, -0.05) is 48.5 Å². The van der Waals surface area contributed by atoms with E-state index in [1.165, 1.54) is 28.4 Å². The number of carbonyl (C=O) groups is 4. The first-order valence-electron chi connectivity index (χ1n) is 24.5. The van der Waals surface area contributed by atoms with Crippen LogP contribution in [0.2, 0.25) is 0 Å². The third-order valence-electron chi connectivity index (χ3n) is 12.5. The molecule has 9 rings (SSSR count). The average Bonchev–Trinajstić information content (AvgIpc) is 4.31. The molecule has 2 aliphatic heterocycles. The van der Waals surface area contributed by atoms with E-state index in [-0.39, 0.29) is 76.0 Å². The number of nitrogens with one attached hydrogen (secondary N) is 2. The molecule has 4 aromatic carbocycles.